The summed E-state index contributed by atoms with van der Waals surface area (Å²) >= 11 is 0. The van der Waals surface area contributed by atoms with Crippen LogP contribution in [-0.4, -0.2) is 80.2 Å². The van der Waals surface area contributed by atoms with E-state index in [1.54, 1.807) is 15.8 Å². The number of nitrogens with one attached hydrogen (secondary N) is 1. The molecule has 0 aliphatic carbocycles. The first kappa shape index (κ1) is 20.3. The van der Waals surface area contributed by atoms with Crippen molar-refractivity contribution in [2.45, 2.75) is 32.4 Å². The number of nitrogens with zero attached hydrogens (tertiary/aromatic N) is 8. The zero-order chi connectivity index (χ0) is 21.1. The van der Waals surface area contributed by atoms with Gasteiger partial charge in [0.25, 0.3) is 0 Å². The summed E-state index contributed by atoms with van der Waals surface area (Å²) in [6, 6.07) is 0. The number of guanidine groups is 1. The number of aromatic nitrogens is 5. The van der Waals surface area contributed by atoms with Crippen molar-refractivity contribution in [2.24, 2.45) is 19.1 Å². The van der Waals surface area contributed by atoms with E-state index >= 15 is 0 Å². The van der Waals surface area contributed by atoms with Gasteiger partial charge in [0.15, 0.2) is 11.8 Å². The number of ether oxygens (including phenoxy) is 1. The molecule has 2 aromatic rings. The molecule has 2 aliphatic heterocycles. The predicted molar refractivity (Wildman–Crippen MR) is 111 cm³/mol. The first-order valence-electron chi connectivity index (χ1n) is 10.3. The van der Waals surface area contributed by atoms with Crippen LogP contribution >= 0.6 is 0 Å². The molecule has 11 nitrogen and oxygen atoms in total. The summed E-state index contributed by atoms with van der Waals surface area (Å²) < 4.78 is 9.35. The van der Waals surface area contributed by atoms with Crippen molar-refractivity contribution in [3.63, 3.8) is 0 Å². The average molecular weight is 416 g/mol. The van der Waals surface area contributed by atoms with Crippen LogP contribution in [-0.2, 0) is 30.2 Å². The largest absolute Gasteiger partial charge is 0.376 e. The minimum Gasteiger partial charge on any atom is -0.376 e. The maximum absolute atomic E-state index is 12.8. The molecule has 0 radical (unpaired) electrons. The van der Waals surface area contributed by atoms with E-state index in [2.05, 4.69) is 20.6 Å². The Balaban J connectivity index is 1.46. The van der Waals surface area contributed by atoms with Crippen LogP contribution in [0.2, 0.25) is 0 Å². The summed E-state index contributed by atoms with van der Waals surface area (Å²) in [7, 11) is 3.77. The van der Waals surface area contributed by atoms with E-state index < -0.39 is 0 Å². The highest BCUT2D eigenvalue weighted by molar-refractivity contribution is 5.98. The van der Waals surface area contributed by atoms with Crippen molar-refractivity contribution < 1.29 is 9.53 Å². The Kier molecular flexibility index (Phi) is 5.98. The number of anilines is 1. The Morgan fingerprint density at radius 1 is 1.33 bits per heavy atom. The summed E-state index contributed by atoms with van der Waals surface area (Å²) in [5.41, 5.74) is 0.822. The van der Waals surface area contributed by atoms with Crippen molar-refractivity contribution >= 4 is 17.6 Å². The summed E-state index contributed by atoms with van der Waals surface area (Å²) in [5, 5.41) is 15.9. The third kappa shape index (κ3) is 4.45. The summed E-state index contributed by atoms with van der Waals surface area (Å²) in [4.78, 5) is 21.3. The Hall–Kier alpha value is -2.95. The molecule has 1 amide bonds. The lowest BCUT2D eigenvalue weighted by atomic mass is 10.2. The number of carbonyl (C=O) groups is 1. The Labute approximate surface area is 175 Å². The van der Waals surface area contributed by atoms with E-state index in [1.807, 2.05) is 36.7 Å². The maximum atomic E-state index is 12.8. The molecule has 0 spiro atoms. The third-order valence-electron chi connectivity index (χ3n) is 5.59. The molecule has 1 N–H and O–H groups in total. The van der Waals surface area contributed by atoms with Gasteiger partial charge in [-0.1, -0.05) is 0 Å². The molecule has 1 atom stereocenters. The van der Waals surface area contributed by atoms with Crippen molar-refractivity contribution in [1.82, 2.24) is 34.8 Å². The van der Waals surface area contributed by atoms with Crippen LogP contribution in [0.1, 0.15) is 24.5 Å². The lowest BCUT2D eigenvalue weighted by Crippen LogP contribution is -2.56. The zero-order valence-electron chi connectivity index (χ0n) is 17.8. The molecule has 2 aliphatic rings. The minimum atomic E-state index is 0.0235. The molecular formula is C19H29N9O2. The fourth-order valence-corrected chi connectivity index (χ4v) is 3.69. The first-order chi connectivity index (χ1) is 14.5. The van der Waals surface area contributed by atoms with Gasteiger partial charge in [-0.2, -0.15) is 5.10 Å². The number of piperazine rings is 1. The third-order valence-corrected chi connectivity index (χ3v) is 5.59. The van der Waals surface area contributed by atoms with Gasteiger partial charge in [-0.15, -0.1) is 10.2 Å². The van der Waals surface area contributed by atoms with Gasteiger partial charge in [0.1, 0.15) is 18.9 Å². The van der Waals surface area contributed by atoms with Crippen LogP contribution in [0.3, 0.4) is 0 Å². The molecule has 0 saturated carbocycles. The fraction of sp³-hybridized carbons (Fsp3) is 0.632. The van der Waals surface area contributed by atoms with Gasteiger partial charge in [-0.25, -0.2) is 4.99 Å². The number of aryl methyl sites for hydroxylation is 2. The number of hydrogen-bond donors (Lipinski definition) is 1. The summed E-state index contributed by atoms with van der Waals surface area (Å²) in [6.45, 7) is 5.29. The smallest absolute Gasteiger partial charge is 0.246 e. The van der Waals surface area contributed by atoms with E-state index in [0.29, 0.717) is 32.1 Å². The topological polar surface area (TPSA) is 106 Å². The standard InChI is InChI=1S/C19H29N9O2/c1-14-23-24-17(26(14)3)11-21-19(20-10-16-5-4-8-30-16)27-6-7-28(18(29)13-27)15-9-22-25(2)12-15/h9,12,16H,4-8,10-11,13H2,1-3H3,(H,20,21). The van der Waals surface area contributed by atoms with Gasteiger partial charge in [0, 0.05) is 46.5 Å². The Morgan fingerprint density at radius 2 is 2.20 bits per heavy atom. The predicted octanol–water partition coefficient (Wildman–Crippen LogP) is -0.170. The fourth-order valence-electron chi connectivity index (χ4n) is 3.69. The summed E-state index contributed by atoms with van der Waals surface area (Å²) in [6.07, 6.45) is 5.87. The minimum absolute atomic E-state index is 0.0235. The molecule has 0 aromatic carbocycles. The van der Waals surface area contributed by atoms with E-state index in [1.165, 1.54) is 0 Å². The van der Waals surface area contributed by atoms with Crippen molar-refractivity contribution in [3.05, 3.63) is 24.0 Å². The van der Waals surface area contributed by atoms with Crippen molar-refractivity contribution in [2.75, 3.05) is 37.7 Å². The van der Waals surface area contributed by atoms with Crippen molar-refractivity contribution in [3.8, 4) is 0 Å². The Morgan fingerprint density at radius 3 is 2.83 bits per heavy atom. The number of hydrogen-bond acceptors (Lipinski definition) is 6. The second kappa shape index (κ2) is 8.82. The van der Waals surface area contributed by atoms with Crippen LogP contribution in [0, 0.1) is 6.92 Å². The molecule has 2 saturated heterocycles. The van der Waals surface area contributed by atoms with Crippen LogP contribution in [0.4, 0.5) is 5.69 Å². The van der Waals surface area contributed by atoms with E-state index in [0.717, 1.165) is 36.8 Å². The highest BCUT2D eigenvalue weighted by atomic mass is 16.5. The van der Waals surface area contributed by atoms with Crippen molar-refractivity contribution in [1.29, 1.82) is 0 Å². The van der Waals surface area contributed by atoms with Crippen LogP contribution in [0.25, 0.3) is 0 Å². The van der Waals surface area contributed by atoms with Gasteiger partial charge in [0.05, 0.1) is 18.0 Å². The van der Waals surface area contributed by atoms with E-state index in [4.69, 9.17) is 9.73 Å². The second-order valence-corrected chi connectivity index (χ2v) is 7.72. The number of amides is 1. The molecule has 11 heteroatoms. The van der Waals surface area contributed by atoms with Crippen LogP contribution < -0.4 is 10.2 Å². The van der Waals surface area contributed by atoms with Crippen LogP contribution in [0.5, 0.6) is 0 Å². The van der Waals surface area contributed by atoms with Gasteiger partial charge < -0.3 is 24.4 Å². The van der Waals surface area contributed by atoms with E-state index in [-0.39, 0.29) is 18.6 Å². The maximum Gasteiger partial charge on any atom is 0.246 e. The molecule has 4 heterocycles. The molecule has 30 heavy (non-hydrogen) atoms. The first-order valence-corrected chi connectivity index (χ1v) is 10.3. The molecule has 162 valence electrons. The van der Waals surface area contributed by atoms with Gasteiger partial charge in [-0.05, 0) is 19.8 Å². The molecule has 0 bridgehead atoms. The molecular weight excluding hydrogens is 386 g/mol. The SMILES string of the molecule is Cc1nnc(CN=C(NCC2CCCO2)N2CCN(c3cnn(C)c3)C(=O)C2)n1C. The quantitative estimate of drug-likeness (QED) is 0.534. The monoisotopic (exact) mass is 415 g/mol. The Bertz CT molecular complexity index is 913. The molecule has 1 unspecified atom stereocenters. The van der Waals surface area contributed by atoms with Crippen LogP contribution in [0.15, 0.2) is 17.4 Å². The van der Waals surface area contributed by atoms with E-state index in [9.17, 15) is 4.79 Å². The van der Waals surface area contributed by atoms with Gasteiger partial charge in [0.2, 0.25) is 5.91 Å². The molecule has 2 fully saturated rings. The highest BCUT2D eigenvalue weighted by Crippen LogP contribution is 2.16. The second-order valence-electron chi connectivity index (χ2n) is 7.72. The number of rotatable bonds is 5. The van der Waals surface area contributed by atoms with Gasteiger partial charge in [-0.3, -0.25) is 9.48 Å². The lowest BCUT2D eigenvalue weighted by molar-refractivity contribution is -0.120. The lowest BCUT2D eigenvalue weighted by Gasteiger charge is -2.35. The number of carbonyl (C=O) groups excluding carboxylic acids is 1. The molecule has 2 aromatic heterocycles. The normalized spacial score (nSPS) is 20.3. The summed E-state index contributed by atoms with van der Waals surface area (Å²) in [5.74, 6) is 2.35. The average Bonchev–Trinajstić information content (AvgIpc) is 3.47. The van der Waals surface area contributed by atoms with Gasteiger partial charge >= 0.3 is 0 Å². The molecule has 4 rings (SSSR count). The highest BCUT2D eigenvalue weighted by Gasteiger charge is 2.28. The number of aliphatic imine (C=N–C) groups is 1. The zero-order valence-corrected chi connectivity index (χ0v) is 17.8.